The minimum Gasteiger partial charge on any atom is -0.397 e. The highest BCUT2D eigenvalue weighted by Gasteiger charge is 2.13. The summed E-state index contributed by atoms with van der Waals surface area (Å²) >= 11 is 0. The van der Waals surface area contributed by atoms with E-state index >= 15 is 0 Å². The summed E-state index contributed by atoms with van der Waals surface area (Å²) in [6, 6.07) is 35.1. The van der Waals surface area contributed by atoms with Gasteiger partial charge in [-0.2, -0.15) is 0 Å². The number of para-hydroxylation sites is 3. The molecule has 4 rings (SSSR count). The zero-order valence-corrected chi connectivity index (χ0v) is 14.4. The van der Waals surface area contributed by atoms with Gasteiger partial charge in [0.05, 0.1) is 17.1 Å². The number of benzene rings is 4. The molecule has 0 saturated heterocycles. The summed E-state index contributed by atoms with van der Waals surface area (Å²) in [4.78, 5) is 0. The molecule has 0 aromatic heterocycles. The van der Waals surface area contributed by atoms with Crippen LogP contribution in [0, 0.1) is 0 Å². The molecule has 0 aliphatic rings. The number of hydrogen-bond acceptors (Lipinski definition) is 2. The van der Waals surface area contributed by atoms with Gasteiger partial charge in [0, 0.05) is 11.1 Å². The summed E-state index contributed by atoms with van der Waals surface area (Å²) in [6.07, 6.45) is 0. The molecule has 0 aliphatic carbocycles. The third-order valence-corrected chi connectivity index (χ3v) is 4.45. The van der Waals surface area contributed by atoms with Crippen LogP contribution < -0.4 is 11.1 Å². The average molecular weight is 336 g/mol. The Kier molecular flexibility index (Phi) is 4.40. The Hall–Kier alpha value is -3.52. The van der Waals surface area contributed by atoms with Crippen LogP contribution in [0.5, 0.6) is 0 Å². The van der Waals surface area contributed by atoms with Crippen LogP contribution in [0.2, 0.25) is 0 Å². The van der Waals surface area contributed by atoms with Crippen LogP contribution in [0.15, 0.2) is 103 Å². The molecule has 0 spiro atoms. The smallest absolute Gasteiger partial charge is 0.0618 e. The van der Waals surface area contributed by atoms with E-state index in [0.717, 1.165) is 28.2 Å². The molecule has 0 radical (unpaired) electrons. The van der Waals surface area contributed by atoms with E-state index in [2.05, 4.69) is 72.0 Å². The molecule has 126 valence electrons. The van der Waals surface area contributed by atoms with Gasteiger partial charge in [0.25, 0.3) is 0 Å². The van der Waals surface area contributed by atoms with E-state index in [1.807, 2.05) is 36.4 Å². The van der Waals surface area contributed by atoms with Crippen LogP contribution in [-0.4, -0.2) is 0 Å². The van der Waals surface area contributed by atoms with Crippen molar-refractivity contribution in [2.24, 2.45) is 0 Å². The highest BCUT2D eigenvalue weighted by atomic mass is 14.9. The zero-order valence-electron chi connectivity index (χ0n) is 14.4. The highest BCUT2D eigenvalue weighted by Crippen LogP contribution is 2.39. The van der Waals surface area contributed by atoms with Crippen LogP contribution in [0.25, 0.3) is 22.3 Å². The summed E-state index contributed by atoms with van der Waals surface area (Å²) in [5.74, 6) is 0. The Morgan fingerprint density at radius 1 is 0.500 bits per heavy atom. The fourth-order valence-corrected chi connectivity index (χ4v) is 3.15. The van der Waals surface area contributed by atoms with Crippen LogP contribution >= 0.6 is 0 Å². The van der Waals surface area contributed by atoms with Gasteiger partial charge in [-0.1, -0.05) is 91.0 Å². The fraction of sp³-hybridized carbons (Fsp3) is 0. The first-order valence-corrected chi connectivity index (χ1v) is 8.68. The van der Waals surface area contributed by atoms with Crippen molar-refractivity contribution in [3.8, 4) is 22.3 Å². The molecule has 0 heterocycles. The van der Waals surface area contributed by atoms with Gasteiger partial charge in [-0.3, -0.25) is 0 Å². The number of hydrogen-bond donors (Lipinski definition) is 2. The zero-order chi connectivity index (χ0) is 17.8. The number of nitrogens with two attached hydrogens (primary N) is 1. The molecule has 0 saturated carbocycles. The predicted octanol–water partition coefficient (Wildman–Crippen LogP) is 6.35. The van der Waals surface area contributed by atoms with Gasteiger partial charge < -0.3 is 11.1 Å². The molecule has 4 aromatic rings. The SMILES string of the molecule is Nc1ccccc1Nc1c(-c2ccccc2)cccc1-c1ccccc1. The Morgan fingerprint density at radius 2 is 1.00 bits per heavy atom. The van der Waals surface area contributed by atoms with Gasteiger partial charge in [-0.05, 0) is 23.3 Å². The lowest BCUT2D eigenvalue weighted by atomic mass is 9.95. The van der Waals surface area contributed by atoms with E-state index in [4.69, 9.17) is 5.73 Å². The molecule has 0 aliphatic heterocycles. The standard InChI is InChI=1S/C24H20N2/c25-22-16-7-8-17-23(22)26-24-20(18-10-3-1-4-11-18)14-9-15-21(24)19-12-5-2-6-13-19/h1-17,26H,25H2. The molecule has 2 heteroatoms. The first-order valence-electron chi connectivity index (χ1n) is 8.68. The van der Waals surface area contributed by atoms with Crippen LogP contribution in [0.4, 0.5) is 17.1 Å². The van der Waals surface area contributed by atoms with Crippen molar-refractivity contribution in [3.63, 3.8) is 0 Å². The van der Waals surface area contributed by atoms with Crippen LogP contribution in [0.3, 0.4) is 0 Å². The lowest BCUT2D eigenvalue weighted by Gasteiger charge is -2.18. The summed E-state index contributed by atoms with van der Waals surface area (Å²) in [5.41, 5.74) is 13.5. The van der Waals surface area contributed by atoms with E-state index < -0.39 is 0 Å². The number of rotatable bonds is 4. The molecule has 0 unspecified atom stereocenters. The van der Waals surface area contributed by atoms with E-state index in [1.54, 1.807) is 0 Å². The van der Waals surface area contributed by atoms with Crippen molar-refractivity contribution in [1.29, 1.82) is 0 Å². The lowest BCUT2D eigenvalue weighted by molar-refractivity contribution is 1.52. The molecule has 0 fully saturated rings. The van der Waals surface area contributed by atoms with Crippen molar-refractivity contribution in [1.82, 2.24) is 0 Å². The lowest BCUT2D eigenvalue weighted by Crippen LogP contribution is -1.99. The van der Waals surface area contributed by atoms with E-state index in [9.17, 15) is 0 Å². The first-order chi connectivity index (χ1) is 12.8. The molecule has 0 atom stereocenters. The van der Waals surface area contributed by atoms with Crippen molar-refractivity contribution in [2.75, 3.05) is 11.1 Å². The minimum absolute atomic E-state index is 0.731. The van der Waals surface area contributed by atoms with Crippen molar-refractivity contribution < 1.29 is 0 Å². The average Bonchev–Trinajstić information content (AvgIpc) is 2.71. The number of anilines is 3. The molecule has 26 heavy (non-hydrogen) atoms. The second kappa shape index (κ2) is 7.16. The molecule has 0 bridgehead atoms. The Morgan fingerprint density at radius 3 is 1.54 bits per heavy atom. The third-order valence-electron chi connectivity index (χ3n) is 4.45. The highest BCUT2D eigenvalue weighted by molar-refractivity contribution is 5.94. The molecule has 2 nitrogen and oxygen atoms in total. The fourth-order valence-electron chi connectivity index (χ4n) is 3.15. The van der Waals surface area contributed by atoms with Crippen molar-refractivity contribution >= 4 is 17.1 Å². The molecular weight excluding hydrogens is 316 g/mol. The largest absolute Gasteiger partial charge is 0.397 e. The maximum atomic E-state index is 6.18. The van der Waals surface area contributed by atoms with Gasteiger partial charge in [-0.25, -0.2) is 0 Å². The van der Waals surface area contributed by atoms with Gasteiger partial charge in [-0.15, -0.1) is 0 Å². The molecule has 3 N–H and O–H groups in total. The molecular formula is C24H20N2. The quantitative estimate of drug-likeness (QED) is 0.426. The maximum absolute atomic E-state index is 6.18. The normalized spacial score (nSPS) is 10.5. The Balaban J connectivity index is 1.92. The second-order valence-electron chi connectivity index (χ2n) is 6.17. The summed E-state index contributed by atoms with van der Waals surface area (Å²) < 4.78 is 0. The third kappa shape index (κ3) is 3.17. The minimum atomic E-state index is 0.731. The van der Waals surface area contributed by atoms with Gasteiger partial charge in [0.2, 0.25) is 0 Å². The van der Waals surface area contributed by atoms with E-state index in [-0.39, 0.29) is 0 Å². The van der Waals surface area contributed by atoms with Gasteiger partial charge >= 0.3 is 0 Å². The molecule has 0 amide bonds. The van der Waals surface area contributed by atoms with E-state index in [0.29, 0.717) is 0 Å². The Labute approximate surface area is 153 Å². The predicted molar refractivity (Wildman–Crippen MR) is 111 cm³/mol. The molecule has 4 aromatic carbocycles. The summed E-state index contributed by atoms with van der Waals surface area (Å²) in [6.45, 7) is 0. The second-order valence-corrected chi connectivity index (χ2v) is 6.17. The Bertz CT molecular complexity index is 951. The van der Waals surface area contributed by atoms with Gasteiger partial charge in [0.15, 0.2) is 0 Å². The number of nitrogen functional groups attached to an aromatic ring is 1. The maximum Gasteiger partial charge on any atom is 0.0618 e. The van der Waals surface area contributed by atoms with Crippen LogP contribution in [-0.2, 0) is 0 Å². The first kappa shape index (κ1) is 16.0. The van der Waals surface area contributed by atoms with Gasteiger partial charge in [0.1, 0.15) is 0 Å². The summed E-state index contributed by atoms with van der Waals surface area (Å²) in [7, 11) is 0. The topological polar surface area (TPSA) is 38.0 Å². The van der Waals surface area contributed by atoms with Crippen molar-refractivity contribution in [3.05, 3.63) is 103 Å². The monoisotopic (exact) mass is 336 g/mol. The van der Waals surface area contributed by atoms with E-state index in [1.165, 1.54) is 11.1 Å². The summed E-state index contributed by atoms with van der Waals surface area (Å²) in [5, 5.41) is 3.58. The number of nitrogens with one attached hydrogen (secondary N) is 1. The van der Waals surface area contributed by atoms with Crippen molar-refractivity contribution in [2.45, 2.75) is 0 Å². The van der Waals surface area contributed by atoms with Crippen LogP contribution in [0.1, 0.15) is 0 Å².